The smallest absolute Gasteiger partial charge is 0.147 e. The Bertz CT molecular complexity index is 407. The molecule has 3 heterocycles. The van der Waals surface area contributed by atoms with Crippen molar-refractivity contribution in [3.63, 3.8) is 0 Å². The van der Waals surface area contributed by atoms with Gasteiger partial charge in [0.25, 0.3) is 0 Å². The van der Waals surface area contributed by atoms with Gasteiger partial charge in [-0.05, 0) is 19.9 Å². The van der Waals surface area contributed by atoms with Crippen LogP contribution in [0.2, 0.25) is 0 Å². The second-order valence-corrected chi connectivity index (χ2v) is 5.84. The zero-order chi connectivity index (χ0) is 13.1. The molecule has 0 aliphatic carbocycles. The molecule has 6 heteroatoms. The molecule has 2 aliphatic heterocycles. The molecule has 3 rings (SSSR count). The lowest BCUT2D eigenvalue weighted by molar-refractivity contribution is -0.0294. The van der Waals surface area contributed by atoms with Crippen molar-refractivity contribution in [1.29, 1.82) is 0 Å². The van der Waals surface area contributed by atoms with E-state index >= 15 is 0 Å². The number of rotatable bonds is 4. The van der Waals surface area contributed by atoms with E-state index in [-0.39, 0.29) is 5.41 Å². The van der Waals surface area contributed by atoms with E-state index < -0.39 is 0 Å². The molecule has 1 fully saturated rings. The lowest BCUT2D eigenvalue weighted by Crippen LogP contribution is -2.50. The Morgan fingerprint density at radius 1 is 1.47 bits per heavy atom. The maximum Gasteiger partial charge on any atom is 0.147 e. The first-order valence-electron chi connectivity index (χ1n) is 7.13. The molecule has 1 aromatic rings. The van der Waals surface area contributed by atoms with Gasteiger partial charge in [0.2, 0.25) is 0 Å². The van der Waals surface area contributed by atoms with Crippen molar-refractivity contribution in [3.8, 4) is 0 Å². The second-order valence-electron chi connectivity index (χ2n) is 5.84. The van der Waals surface area contributed by atoms with Crippen molar-refractivity contribution in [2.24, 2.45) is 5.41 Å². The molecule has 1 N–H and O–H groups in total. The van der Waals surface area contributed by atoms with Crippen LogP contribution >= 0.6 is 0 Å². The van der Waals surface area contributed by atoms with Crippen LogP contribution in [0.3, 0.4) is 0 Å². The maximum atomic E-state index is 5.73. The predicted molar refractivity (Wildman–Crippen MR) is 71.7 cm³/mol. The van der Waals surface area contributed by atoms with Crippen LogP contribution in [0.5, 0.6) is 0 Å². The molecule has 0 bridgehead atoms. The van der Waals surface area contributed by atoms with Crippen LogP contribution in [0.4, 0.5) is 0 Å². The standard InChI is InChI=1S/C13H23N5O/c1-14-8-13(3-2-6-19-10-13)9-17-4-5-18-11-15-16-12(18)7-17/h11,14H,2-10H2,1H3. The van der Waals surface area contributed by atoms with Gasteiger partial charge in [-0.2, -0.15) is 0 Å². The zero-order valence-electron chi connectivity index (χ0n) is 11.6. The van der Waals surface area contributed by atoms with Crippen LogP contribution in [-0.4, -0.2) is 59.6 Å². The third-order valence-electron chi connectivity index (χ3n) is 4.23. The molecule has 2 aliphatic rings. The van der Waals surface area contributed by atoms with Crippen molar-refractivity contribution in [3.05, 3.63) is 12.2 Å². The lowest BCUT2D eigenvalue weighted by atomic mass is 9.81. The summed E-state index contributed by atoms with van der Waals surface area (Å²) in [6.45, 7) is 6.88. The molecule has 0 radical (unpaired) electrons. The van der Waals surface area contributed by atoms with Gasteiger partial charge in [0, 0.05) is 38.2 Å². The Morgan fingerprint density at radius 2 is 2.42 bits per heavy atom. The van der Waals surface area contributed by atoms with Crippen LogP contribution in [0.1, 0.15) is 18.7 Å². The largest absolute Gasteiger partial charge is 0.381 e. The van der Waals surface area contributed by atoms with Gasteiger partial charge < -0.3 is 14.6 Å². The number of ether oxygens (including phenoxy) is 1. The van der Waals surface area contributed by atoms with Gasteiger partial charge >= 0.3 is 0 Å². The summed E-state index contributed by atoms with van der Waals surface area (Å²) < 4.78 is 7.89. The minimum atomic E-state index is 0.259. The van der Waals surface area contributed by atoms with E-state index in [9.17, 15) is 0 Å². The predicted octanol–water partition coefficient (Wildman–Crippen LogP) is 0.110. The minimum absolute atomic E-state index is 0.259. The molecule has 1 saturated heterocycles. The van der Waals surface area contributed by atoms with Crippen molar-refractivity contribution < 1.29 is 4.74 Å². The number of nitrogens with zero attached hydrogens (tertiary/aromatic N) is 4. The van der Waals surface area contributed by atoms with Crippen LogP contribution in [0.25, 0.3) is 0 Å². The van der Waals surface area contributed by atoms with E-state index in [1.165, 1.54) is 12.8 Å². The monoisotopic (exact) mass is 265 g/mol. The Kier molecular flexibility index (Phi) is 3.81. The van der Waals surface area contributed by atoms with Crippen LogP contribution in [0.15, 0.2) is 6.33 Å². The number of hydrogen-bond donors (Lipinski definition) is 1. The summed E-state index contributed by atoms with van der Waals surface area (Å²) in [6.07, 6.45) is 4.25. The molecule has 19 heavy (non-hydrogen) atoms. The Balaban J connectivity index is 1.66. The van der Waals surface area contributed by atoms with Crippen molar-refractivity contribution in [2.75, 3.05) is 39.9 Å². The molecule has 0 amide bonds. The first kappa shape index (κ1) is 13.0. The summed E-state index contributed by atoms with van der Waals surface area (Å²) in [6, 6.07) is 0. The van der Waals surface area contributed by atoms with E-state index in [1.54, 1.807) is 0 Å². The van der Waals surface area contributed by atoms with Gasteiger partial charge in [0.15, 0.2) is 0 Å². The summed E-state index contributed by atoms with van der Waals surface area (Å²) in [5.74, 6) is 1.09. The van der Waals surface area contributed by atoms with Gasteiger partial charge in [-0.15, -0.1) is 10.2 Å². The van der Waals surface area contributed by atoms with E-state index in [2.05, 4.69) is 25.0 Å². The van der Waals surface area contributed by atoms with E-state index in [4.69, 9.17) is 4.74 Å². The number of nitrogens with one attached hydrogen (secondary N) is 1. The number of fused-ring (bicyclic) bond motifs is 1. The molecule has 0 aromatic carbocycles. The van der Waals surface area contributed by atoms with Gasteiger partial charge in [-0.25, -0.2) is 0 Å². The first-order chi connectivity index (χ1) is 9.31. The molecule has 0 spiro atoms. The topological polar surface area (TPSA) is 55.2 Å². The molecular formula is C13H23N5O. The average Bonchev–Trinajstić information content (AvgIpc) is 2.87. The van der Waals surface area contributed by atoms with Crippen LogP contribution < -0.4 is 5.32 Å². The van der Waals surface area contributed by atoms with Gasteiger partial charge in [0.05, 0.1) is 13.2 Å². The molecule has 1 atom stereocenters. The molecule has 6 nitrogen and oxygen atoms in total. The highest BCUT2D eigenvalue weighted by atomic mass is 16.5. The Morgan fingerprint density at radius 3 is 3.21 bits per heavy atom. The van der Waals surface area contributed by atoms with Gasteiger partial charge in [-0.3, -0.25) is 4.90 Å². The molecule has 1 unspecified atom stereocenters. The summed E-state index contributed by atoms with van der Waals surface area (Å²) in [5.41, 5.74) is 0.259. The number of hydrogen-bond acceptors (Lipinski definition) is 5. The quantitative estimate of drug-likeness (QED) is 0.837. The second kappa shape index (κ2) is 5.56. The van der Waals surface area contributed by atoms with Crippen molar-refractivity contribution in [1.82, 2.24) is 25.0 Å². The highest BCUT2D eigenvalue weighted by molar-refractivity contribution is 4.93. The van der Waals surface area contributed by atoms with Crippen molar-refractivity contribution >= 4 is 0 Å². The zero-order valence-corrected chi connectivity index (χ0v) is 11.6. The Labute approximate surface area is 114 Å². The van der Waals surface area contributed by atoms with Gasteiger partial charge in [0.1, 0.15) is 12.2 Å². The molecule has 0 saturated carbocycles. The van der Waals surface area contributed by atoms with Crippen LogP contribution in [0, 0.1) is 5.41 Å². The normalized spacial score (nSPS) is 28.3. The first-order valence-corrected chi connectivity index (χ1v) is 7.13. The highest BCUT2D eigenvalue weighted by Gasteiger charge is 2.35. The molecule has 106 valence electrons. The van der Waals surface area contributed by atoms with E-state index in [1.807, 2.05) is 13.4 Å². The van der Waals surface area contributed by atoms with Crippen molar-refractivity contribution in [2.45, 2.75) is 25.9 Å². The van der Waals surface area contributed by atoms with E-state index in [0.29, 0.717) is 0 Å². The third kappa shape index (κ3) is 2.80. The summed E-state index contributed by atoms with van der Waals surface area (Å²) in [4.78, 5) is 2.50. The van der Waals surface area contributed by atoms with Gasteiger partial charge in [-0.1, -0.05) is 0 Å². The van der Waals surface area contributed by atoms with E-state index in [0.717, 1.165) is 51.8 Å². The lowest BCUT2D eigenvalue weighted by Gasteiger charge is -2.41. The molecular weight excluding hydrogens is 242 g/mol. The fourth-order valence-electron chi connectivity index (χ4n) is 3.33. The maximum absolute atomic E-state index is 5.73. The van der Waals surface area contributed by atoms with Crippen LogP contribution in [-0.2, 0) is 17.8 Å². The summed E-state index contributed by atoms with van der Waals surface area (Å²) in [5, 5.41) is 11.5. The Hall–Kier alpha value is -0.980. The SMILES string of the molecule is CNCC1(CN2CCn3cnnc3C2)CCCOC1. The highest BCUT2D eigenvalue weighted by Crippen LogP contribution is 2.30. The minimum Gasteiger partial charge on any atom is -0.381 e. The summed E-state index contributed by atoms with van der Waals surface area (Å²) >= 11 is 0. The number of aromatic nitrogens is 3. The summed E-state index contributed by atoms with van der Waals surface area (Å²) in [7, 11) is 2.03. The average molecular weight is 265 g/mol. The molecule has 1 aromatic heterocycles. The fourth-order valence-corrected chi connectivity index (χ4v) is 3.33. The fraction of sp³-hybridized carbons (Fsp3) is 0.846. The third-order valence-corrected chi connectivity index (χ3v) is 4.23.